The largest absolute Gasteiger partial charge is 0.497 e. The van der Waals surface area contributed by atoms with Crippen LogP contribution in [-0.4, -0.2) is 44.7 Å². The van der Waals surface area contributed by atoms with Gasteiger partial charge in [-0.2, -0.15) is 0 Å². The highest BCUT2D eigenvalue weighted by molar-refractivity contribution is 5.79. The number of rotatable bonds is 7. The Hall–Kier alpha value is -2.67. The first-order chi connectivity index (χ1) is 14.1. The Balaban J connectivity index is 1.66. The van der Waals surface area contributed by atoms with Gasteiger partial charge in [0.05, 0.1) is 13.2 Å². The van der Waals surface area contributed by atoms with Crippen LogP contribution in [0.25, 0.3) is 0 Å². The smallest absolute Gasteiger partial charge is 0.191 e. The number of ether oxygens (including phenoxy) is 1. The van der Waals surface area contributed by atoms with Crippen molar-refractivity contribution in [2.75, 3.05) is 33.8 Å². The van der Waals surface area contributed by atoms with Crippen molar-refractivity contribution in [2.24, 2.45) is 4.99 Å². The molecule has 3 rings (SSSR count). The van der Waals surface area contributed by atoms with Crippen LogP contribution in [0.4, 0.5) is 8.78 Å². The lowest BCUT2D eigenvalue weighted by molar-refractivity contribution is 0.245. The molecule has 0 aliphatic carbocycles. The average Bonchev–Trinajstić information content (AvgIpc) is 3.27. The fraction of sp³-hybridized carbons (Fsp3) is 0.409. The number of likely N-dealkylation sites (tertiary alicyclic amines) is 1. The van der Waals surface area contributed by atoms with Crippen molar-refractivity contribution in [1.29, 1.82) is 0 Å². The maximum absolute atomic E-state index is 13.8. The van der Waals surface area contributed by atoms with Crippen molar-refractivity contribution in [3.63, 3.8) is 0 Å². The van der Waals surface area contributed by atoms with Crippen molar-refractivity contribution >= 4 is 5.96 Å². The first kappa shape index (κ1) is 21.0. The number of nitrogens with zero attached hydrogens (tertiary/aromatic N) is 2. The van der Waals surface area contributed by atoms with Gasteiger partial charge >= 0.3 is 0 Å². The van der Waals surface area contributed by atoms with Gasteiger partial charge in [-0.05, 0) is 61.8 Å². The van der Waals surface area contributed by atoms with Crippen LogP contribution in [0.2, 0.25) is 0 Å². The van der Waals surface area contributed by atoms with Crippen LogP contribution < -0.4 is 15.4 Å². The number of hydrogen-bond acceptors (Lipinski definition) is 3. The molecule has 2 N–H and O–H groups in total. The summed E-state index contributed by atoms with van der Waals surface area (Å²) < 4.78 is 32.6. The molecule has 1 saturated heterocycles. The lowest BCUT2D eigenvalue weighted by atomic mass is 10.1. The van der Waals surface area contributed by atoms with E-state index in [-0.39, 0.29) is 18.2 Å². The van der Waals surface area contributed by atoms with Crippen LogP contribution in [0.1, 0.15) is 30.0 Å². The van der Waals surface area contributed by atoms with E-state index in [1.165, 1.54) is 24.5 Å². The number of guanidine groups is 1. The van der Waals surface area contributed by atoms with Crippen LogP contribution in [-0.2, 0) is 6.54 Å². The van der Waals surface area contributed by atoms with Gasteiger partial charge in [-0.1, -0.05) is 12.1 Å². The summed E-state index contributed by atoms with van der Waals surface area (Å²) in [4.78, 5) is 6.66. The molecular weight excluding hydrogens is 374 g/mol. The van der Waals surface area contributed by atoms with E-state index < -0.39 is 11.6 Å². The number of methoxy groups -OCH3 is 1. The summed E-state index contributed by atoms with van der Waals surface area (Å²) in [7, 11) is 3.33. The lowest BCUT2D eigenvalue weighted by Gasteiger charge is -2.29. The molecule has 29 heavy (non-hydrogen) atoms. The number of benzene rings is 2. The molecular formula is C22H28F2N4O. The fourth-order valence-electron chi connectivity index (χ4n) is 3.63. The quantitative estimate of drug-likeness (QED) is 0.550. The Kier molecular flexibility index (Phi) is 7.41. The maximum Gasteiger partial charge on any atom is 0.191 e. The molecule has 1 aliphatic rings. The molecule has 1 unspecified atom stereocenters. The Morgan fingerprint density at radius 1 is 1.14 bits per heavy atom. The molecule has 1 aliphatic heterocycles. The summed E-state index contributed by atoms with van der Waals surface area (Å²) in [6.45, 7) is 2.88. The number of nitrogens with one attached hydrogen (secondary N) is 2. The van der Waals surface area contributed by atoms with Gasteiger partial charge < -0.3 is 15.4 Å². The number of halogens is 2. The Bertz CT molecular complexity index is 837. The zero-order valence-electron chi connectivity index (χ0n) is 16.9. The molecule has 0 aromatic heterocycles. The van der Waals surface area contributed by atoms with Crippen LogP contribution >= 0.6 is 0 Å². The Labute approximate surface area is 170 Å². The summed E-state index contributed by atoms with van der Waals surface area (Å²) in [5.41, 5.74) is 1.43. The normalized spacial score (nSPS) is 15.9. The Morgan fingerprint density at radius 3 is 2.66 bits per heavy atom. The zero-order chi connectivity index (χ0) is 20.6. The molecule has 0 bridgehead atoms. The van der Waals surface area contributed by atoms with Gasteiger partial charge in [0.2, 0.25) is 0 Å². The van der Waals surface area contributed by atoms with E-state index in [4.69, 9.17) is 4.74 Å². The molecule has 156 valence electrons. The second-order valence-electron chi connectivity index (χ2n) is 7.08. The van der Waals surface area contributed by atoms with E-state index in [9.17, 15) is 8.78 Å². The molecule has 5 nitrogen and oxygen atoms in total. The monoisotopic (exact) mass is 402 g/mol. The third-order valence-corrected chi connectivity index (χ3v) is 5.20. The molecule has 0 spiro atoms. The van der Waals surface area contributed by atoms with Gasteiger partial charge in [0.1, 0.15) is 17.4 Å². The highest BCUT2D eigenvalue weighted by Crippen LogP contribution is 2.27. The Morgan fingerprint density at radius 2 is 1.93 bits per heavy atom. The molecule has 2 aromatic carbocycles. The summed E-state index contributed by atoms with van der Waals surface area (Å²) in [5, 5.41) is 6.39. The SMILES string of the molecule is CN=C(NCc1cc(F)ccc1F)NCC(c1cccc(OC)c1)N1CCCC1. The summed E-state index contributed by atoms with van der Waals surface area (Å²) >= 11 is 0. The number of hydrogen-bond donors (Lipinski definition) is 2. The molecule has 2 aromatic rings. The second kappa shape index (κ2) is 10.2. The predicted octanol–water partition coefficient (Wildman–Crippen LogP) is 3.48. The van der Waals surface area contributed by atoms with Crippen LogP contribution in [0.3, 0.4) is 0 Å². The van der Waals surface area contributed by atoms with E-state index in [0.717, 1.165) is 31.0 Å². The van der Waals surface area contributed by atoms with E-state index in [1.807, 2.05) is 12.1 Å². The first-order valence-corrected chi connectivity index (χ1v) is 9.87. The highest BCUT2D eigenvalue weighted by Gasteiger charge is 2.24. The maximum atomic E-state index is 13.8. The van der Waals surface area contributed by atoms with Crippen LogP contribution in [0.15, 0.2) is 47.5 Å². The minimum atomic E-state index is -0.460. The zero-order valence-corrected chi connectivity index (χ0v) is 16.9. The van der Waals surface area contributed by atoms with Gasteiger partial charge in [-0.15, -0.1) is 0 Å². The third kappa shape index (κ3) is 5.67. The minimum absolute atomic E-state index is 0.150. The third-order valence-electron chi connectivity index (χ3n) is 5.20. The second-order valence-corrected chi connectivity index (χ2v) is 7.08. The first-order valence-electron chi connectivity index (χ1n) is 9.87. The van der Waals surface area contributed by atoms with Gasteiger partial charge in [0.25, 0.3) is 0 Å². The predicted molar refractivity (Wildman–Crippen MR) is 111 cm³/mol. The standard InChI is InChI=1S/C22H28F2N4O/c1-25-22(26-14-17-12-18(23)8-9-20(17)24)27-15-21(28-10-3-4-11-28)16-6-5-7-19(13-16)29-2/h5-9,12-13,21H,3-4,10-11,14-15H2,1-2H3,(H2,25,26,27). The molecule has 0 saturated carbocycles. The highest BCUT2D eigenvalue weighted by atomic mass is 19.1. The average molecular weight is 402 g/mol. The molecule has 0 radical (unpaired) electrons. The molecule has 1 heterocycles. The summed E-state index contributed by atoms with van der Waals surface area (Å²) in [6.07, 6.45) is 2.37. The lowest BCUT2D eigenvalue weighted by Crippen LogP contribution is -2.42. The van der Waals surface area contributed by atoms with E-state index in [2.05, 4.69) is 32.7 Å². The van der Waals surface area contributed by atoms with Gasteiger partial charge in [-0.3, -0.25) is 9.89 Å². The van der Waals surface area contributed by atoms with Crippen molar-refractivity contribution in [3.05, 3.63) is 65.2 Å². The molecule has 1 fully saturated rings. The molecule has 0 amide bonds. The van der Waals surface area contributed by atoms with Crippen molar-refractivity contribution in [3.8, 4) is 5.75 Å². The van der Waals surface area contributed by atoms with E-state index in [1.54, 1.807) is 14.2 Å². The van der Waals surface area contributed by atoms with Crippen molar-refractivity contribution in [2.45, 2.75) is 25.4 Å². The molecule has 1 atom stereocenters. The van der Waals surface area contributed by atoms with Crippen molar-refractivity contribution in [1.82, 2.24) is 15.5 Å². The van der Waals surface area contributed by atoms with E-state index >= 15 is 0 Å². The summed E-state index contributed by atoms with van der Waals surface area (Å²) in [6, 6.07) is 11.7. The topological polar surface area (TPSA) is 48.9 Å². The van der Waals surface area contributed by atoms with Crippen LogP contribution in [0.5, 0.6) is 5.75 Å². The molecule has 7 heteroatoms. The fourth-order valence-corrected chi connectivity index (χ4v) is 3.63. The summed E-state index contributed by atoms with van der Waals surface area (Å²) in [5.74, 6) is 0.468. The minimum Gasteiger partial charge on any atom is -0.497 e. The van der Waals surface area contributed by atoms with E-state index in [0.29, 0.717) is 12.5 Å². The number of aliphatic imine (C=N–C) groups is 1. The van der Waals surface area contributed by atoms with Gasteiger partial charge in [0, 0.05) is 25.7 Å². The van der Waals surface area contributed by atoms with Gasteiger partial charge in [-0.25, -0.2) is 8.78 Å². The van der Waals surface area contributed by atoms with Crippen LogP contribution in [0, 0.1) is 11.6 Å². The van der Waals surface area contributed by atoms with Crippen molar-refractivity contribution < 1.29 is 13.5 Å². The van der Waals surface area contributed by atoms with Gasteiger partial charge in [0.15, 0.2) is 5.96 Å².